The number of amides is 2. The predicted molar refractivity (Wildman–Crippen MR) is 139 cm³/mol. The highest BCUT2D eigenvalue weighted by atomic mass is 19.3. The van der Waals surface area contributed by atoms with E-state index in [4.69, 9.17) is 4.74 Å². The normalized spacial score (nSPS) is 18.4. The topological polar surface area (TPSA) is 135 Å². The van der Waals surface area contributed by atoms with Crippen molar-refractivity contribution in [2.75, 3.05) is 19.8 Å². The number of likely N-dealkylation sites (tertiary alicyclic amines) is 1. The number of alkyl halides is 3. The van der Waals surface area contributed by atoms with Crippen molar-refractivity contribution in [3.63, 3.8) is 0 Å². The van der Waals surface area contributed by atoms with Crippen LogP contribution in [0.2, 0.25) is 0 Å². The second-order valence-corrected chi connectivity index (χ2v) is 10.5. The Bertz CT molecular complexity index is 1020. The fourth-order valence-corrected chi connectivity index (χ4v) is 4.17. The van der Waals surface area contributed by atoms with Gasteiger partial charge in [0.05, 0.1) is 25.2 Å². The summed E-state index contributed by atoms with van der Waals surface area (Å²) in [5.74, 6) is -2.62. The van der Waals surface area contributed by atoms with Gasteiger partial charge >= 0.3 is 7.12 Å². The van der Waals surface area contributed by atoms with Crippen LogP contribution in [0.15, 0.2) is 42.0 Å². The molecular weight excluding hydrogens is 516 g/mol. The summed E-state index contributed by atoms with van der Waals surface area (Å²) in [6, 6.07) is 8.53. The summed E-state index contributed by atoms with van der Waals surface area (Å²) in [5, 5.41) is 33.2. The van der Waals surface area contributed by atoms with E-state index in [2.05, 4.69) is 5.32 Å². The summed E-state index contributed by atoms with van der Waals surface area (Å²) in [6.45, 7) is 5.37. The molecule has 0 aromatic heterocycles. The van der Waals surface area contributed by atoms with E-state index in [0.29, 0.717) is 24.9 Å². The van der Waals surface area contributed by atoms with Crippen molar-refractivity contribution in [2.24, 2.45) is 5.41 Å². The largest absolute Gasteiger partial charge is 0.475 e. The van der Waals surface area contributed by atoms with E-state index in [1.54, 1.807) is 36.4 Å². The molecule has 0 aliphatic carbocycles. The molecule has 2 amide bonds. The SMILES string of the molecule is CC(C)(C)C=C(C#N)C(=O)N1CCCC1COCC(NC(F)C(F)F)C(=O)N[C@@H](Cc1ccccc1)B(O)O. The van der Waals surface area contributed by atoms with Gasteiger partial charge in [-0.05, 0) is 30.2 Å². The lowest BCUT2D eigenvalue weighted by Crippen LogP contribution is -2.57. The molecule has 0 saturated carbocycles. The third kappa shape index (κ3) is 10.6. The van der Waals surface area contributed by atoms with Gasteiger partial charge in [-0.3, -0.25) is 14.9 Å². The molecule has 13 heteroatoms. The van der Waals surface area contributed by atoms with Crippen LogP contribution in [0.4, 0.5) is 13.2 Å². The van der Waals surface area contributed by atoms with Crippen LogP contribution in [0.5, 0.6) is 0 Å². The molecule has 4 N–H and O–H groups in total. The smallest absolute Gasteiger partial charge is 0.426 e. The van der Waals surface area contributed by atoms with Crippen LogP contribution >= 0.6 is 0 Å². The average molecular weight is 552 g/mol. The van der Waals surface area contributed by atoms with E-state index in [-0.39, 0.29) is 18.6 Å². The Balaban J connectivity index is 2.07. The molecule has 1 saturated heterocycles. The Labute approximate surface area is 227 Å². The van der Waals surface area contributed by atoms with E-state index in [1.807, 2.05) is 32.2 Å². The number of nitriles is 1. The Morgan fingerprint density at radius 3 is 2.49 bits per heavy atom. The van der Waals surface area contributed by atoms with Gasteiger partial charge in [0.25, 0.3) is 12.3 Å². The molecule has 1 heterocycles. The number of benzene rings is 1. The fourth-order valence-electron chi connectivity index (χ4n) is 4.17. The van der Waals surface area contributed by atoms with Crippen LogP contribution in [-0.2, 0) is 20.7 Å². The molecule has 1 aliphatic heterocycles. The Kier molecular flexibility index (Phi) is 12.4. The third-order valence-corrected chi connectivity index (χ3v) is 6.05. The zero-order valence-corrected chi connectivity index (χ0v) is 22.3. The van der Waals surface area contributed by atoms with Gasteiger partial charge in [0.1, 0.15) is 17.7 Å². The third-order valence-electron chi connectivity index (χ3n) is 6.05. The molecule has 0 radical (unpaired) electrons. The summed E-state index contributed by atoms with van der Waals surface area (Å²) in [5.41, 5.74) is 0.278. The van der Waals surface area contributed by atoms with Gasteiger partial charge in [-0.2, -0.15) is 5.26 Å². The quantitative estimate of drug-likeness (QED) is 0.127. The lowest BCUT2D eigenvalue weighted by atomic mass is 9.76. The van der Waals surface area contributed by atoms with Crippen LogP contribution in [0.25, 0.3) is 0 Å². The highest BCUT2D eigenvalue weighted by Gasteiger charge is 2.34. The first kappa shape index (κ1) is 32.3. The first-order chi connectivity index (χ1) is 18.3. The maximum atomic E-state index is 13.9. The van der Waals surface area contributed by atoms with Crippen LogP contribution in [0.3, 0.4) is 0 Å². The highest BCUT2D eigenvalue weighted by molar-refractivity contribution is 6.43. The molecule has 1 aliphatic rings. The van der Waals surface area contributed by atoms with Gasteiger partial charge in [-0.25, -0.2) is 13.2 Å². The fraction of sp³-hybridized carbons (Fsp3) is 0.577. The first-order valence-corrected chi connectivity index (χ1v) is 12.7. The molecule has 0 spiro atoms. The lowest BCUT2D eigenvalue weighted by molar-refractivity contribution is -0.130. The van der Waals surface area contributed by atoms with Gasteiger partial charge in [0.15, 0.2) is 0 Å². The van der Waals surface area contributed by atoms with E-state index >= 15 is 0 Å². The molecular formula is C26H36BF3N4O5. The van der Waals surface area contributed by atoms with Crippen molar-refractivity contribution in [2.45, 2.75) is 70.8 Å². The Morgan fingerprint density at radius 1 is 1.26 bits per heavy atom. The second-order valence-electron chi connectivity index (χ2n) is 10.5. The molecule has 0 bridgehead atoms. The summed E-state index contributed by atoms with van der Waals surface area (Å²) in [4.78, 5) is 27.3. The first-order valence-electron chi connectivity index (χ1n) is 12.7. The van der Waals surface area contributed by atoms with Crippen molar-refractivity contribution < 1.29 is 37.5 Å². The molecule has 9 nitrogen and oxygen atoms in total. The maximum Gasteiger partial charge on any atom is 0.475 e. The van der Waals surface area contributed by atoms with Crippen LogP contribution in [0.1, 0.15) is 39.2 Å². The van der Waals surface area contributed by atoms with Gasteiger partial charge in [-0.1, -0.05) is 57.2 Å². The molecule has 4 atom stereocenters. The number of nitrogens with zero attached hydrogens (tertiary/aromatic N) is 2. The monoisotopic (exact) mass is 552 g/mol. The number of rotatable bonds is 13. The molecule has 214 valence electrons. The minimum absolute atomic E-state index is 0.00227. The van der Waals surface area contributed by atoms with Gasteiger partial charge in [0, 0.05) is 6.54 Å². The van der Waals surface area contributed by atoms with Crippen molar-refractivity contribution in [3.8, 4) is 6.07 Å². The van der Waals surface area contributed by atoms with Crippen molar-refractivity contribution in [1.82, 2.24) is 15.5 Å². The Hall–Kier alpha value is -2.92. The van der Waals surface area contributed by atoms with E-state index in [9.17, 15) is 38.1 Å². The zero-order valence-electron chi connectivity index (χ0n) is 22.3. The number of ether oxygens (including phenoxy) is 1. The van der Waals surface area contributed by atoms with Crippen molar-refractivity contribution in [3.05, 3.63) is 47.5 Å². The average Bonchev–Trinajstić information content (AvgIpc) is 3.34. The summed E-state index contributed by atoms with van der Waals surface area (Å²) < 4.78 is 45.2. The number of carbonyl (C=O) groups is 2. The molecule has 1 aromatic rings. The molecule has 3 unspecified atom stereocenters. The minimum atomic E-state index is -3.41. The van der Waals surface area contributed by atoms with E-state index in [0.717, 1.165) is 0 Å². The van der Waals surface area contributed by atoms with E-state index in [1.165, 1.54) is 4.90 Å². The summed E-state index contributed by atoms with van der Waals surface area (Å²) in [6.07, 6.45) is -3.42. The standard InChI is InChI=1S/C26H36BF3N4O5/c1-26(2,3)13-18(14-31)25(36)34-11-7-10-19(34)15-39-16-20(32-23(30)22(28)29)24(35)33-21(27(37)38)12-17-8-5-4-6-9-17/h4-6,8-9,13,19-23,32,37-38H,7,10-12,15-16H2,1-3H3,(H,33,35)/t19?,20?,21-,23?/m0/s1. The number of allylic oxidation sites excluding steroid dienone is 1. The Morgan fingerprint density at radius 2 is 1.92 bits per heavy atom. The number of halogens is 3. The number of carbonyl (C=O) groups excluding carboxylic acids is 2. The predicted octanol–water partition coefficient (Wildman–Crippen LogP) is 1.75. The number of hydrogen-bond donors (Lipinski definition) is 4. The number of nitrogens with one attached hydrogen (secondary N) is 2. The van der Waals surface area contributed by atoms with Crippen molar-refractivity contribution >= 4 is 18.9 Å². The highest BCUT2D eigenvalue weighted by Crippen LogP contribution is 2.23. The number of hydrogen-bond acceptors (Lipinski definition) is 7. The minimum Gasteiger partial charge on any atom is -0.426 e. The zero-order chi connectivity index (χ0) is 29.2. The second kappa shape index (κ2) is 15.0. The van der Waals surface area contributed by atoms with E-state index < -0.39 is 61.7 Å². The lowest BCUT2D eigenvalue weighted by Gasteiger charge is -2.27. The summed E-state index contributed by atoms with van der Waals surface area (Å²) in [7, 11) is -1.97. The molecule has 39 heavy (non-hydrogen) atoms. The molecule has 2 rings (SSSR count). The van der Waals surface area contributed by atoms with Crippen LogP contribution in [0, 0.1) is 16.7 Å². The van der Waals surface area contributed by atoms with Crippen LogP contribution < -0.4 is 10.6 Å². The van der Waals surface area contributed by atoms with Crippen LogP contribution in [-0.4, -0.2) is 84.4 Å². The molecule has 1 aromatic carbocycles. The van der Waals surface area contributed by atoms with Gasteiger partial charge < -0.3 is 25.0 Å². The molecule has 1 fully saturated rings. The summed E-state index contributed by atoms with van der Waals surface area (Å²) >= 11 is 0. The van der Waals surface area contributed by atoms with Gasteiger partial charge in [0.2, 0.25) is 12.2 Å². The maximum absolute atomic E-state index is 13.9. The van der Waals surface area contributed by atoms with Gasteiger partial charge in [-0.15, -0.1) is 0 Å². The van der Waals surface area contributed by atoms with Crippen molar-refractivity contribution in [1.29, 1.82) is 5.26 Å².